The monoisotopic (exact) mass is 223 g/mol. The summed E-state index contributed by atoms with van der Waals surface area (Å²) < 4.78 is 3.79. The standard InChI is InChI=1S/C8H6Cl3O/c9-8(10,11)6-12-7-4-2-1-3-5-7/h2-5H,6H2. The van der Waals surface area contributed by atoms with E-state index in [0.29, 0.717) is 5.75 Å². The number of rotatable bonds is 2. The van der Waals surface area contributed by atoms with E-state index >= 15 is 0 Å². The van der Waals surface area contributed by atoms with Crippen molar-refractivity contribution >= 4 is 34.8 Å². The van der Waals surface area contributed by atoms with Crippen molar-refractivity contribution in [1.29, 1.82) is 0 Å². The summed E-state index contributed by atoms with van der Waals surface area (Å²) in [5.41, 5.74) is 0. The van der Waals surface area contributed by atoms with Crippen molar-refractivity contribution in [3.05, 3.63) is 30.3 Å². The zero-order valence-corrected chi connectivity index (χ0v) is 8.33. The second-order valence-electron chi connectivity index (χ2n) is 2.14. The quantitative estimate of drug-likeness (QED) is 0.701. The maximum absolute atomic E-state index is 5.48. The van der Waals surface area contributed by atoms with Crippen LogP contribution in [0.25, 0.3) is 0 Å². The lowest BCUT2D eigenvalue weighted by Gasteiger charge is -2.11. The third kappa shape index (κ3) is 4.05. The Hall–Kier alpha value is -0.110. The van der Waals surface area contributed by atoms with Gasteiger partial charge in [0.15, 0.2) is 0 Å². The Labute approximate surface area is 86.2 Å². The van der Waals surface area contributed by atoms with Crippen LogP contribution in [-0.4, -0.2) is 10.4 Å². The van der Waals surface area contributed by atoms with Gasteiger partial charge in [-0.1, -0.05) is 46.9 Å². The van der Waals surface area contributed by atoms with Crippen LogP contribution in [0.15, 0.2) is 24.3 Å². The van der Waals surface area contributed by atoms with Crippen LogP contribution in [0.5, 0.6) is 5.75 Å². The number of alkyl halides is 3. The maximum Gasteiger partial charge on any atom is 0.223 e. The number of hydrogen-bond acceptors (Lipinski definition) is 1. The molecule has 1 radical (unpaired) electrons. The number of hydrogen-bond donors (Lipinski definition) is 0. The van der Waals surface area contributed by atoms with Crippen LogP contribution in [-0.2, 0) is 0 Å². The summed E-state index contributed by atoms with van der Waals surface area (Å²) in [6, 6.07) is 9.80. The van der Waals surface area contributed by atoms with Gasteiger partial charge in [-0.2, -0.15) is 0 Å². The predicted molar refractivity (Wildman–Crippen MR) is 51.1 cm³/mol. The molecule has 12 heavy (non-hydrogen) atoms. The molecule has 0 aliphatic rings. The first kappa shape index (κ1) is 9.97. The van der Waals surface area contributed by atoms with Crippen LogP contribution in [0.3, 0.4) is 0 Å². The fourth-order valence-electron chi connectivity index (χ4n) is 0.633. The van der Waals surface area contributed by atoms with Crippen molar-refractivity contribution in [2.45, 2.75) is 3.79 Å². The normalized spacial score (nSPS) is 11.2. The fourth-order valence-corrected chi connectivity index (χ4v) is 0.797. The summed E-state index contributed by atoms with van der Waals surface area (Å²) in [4.78, 5) is 0. The highest BCUT2D eigenvalue weighted by Crippen LogP contribution is 2.26. The van der Waals surface area contributed by atoms with Gasteiger partial charge in [-0.05, 0) is 18.2 Å². The molecular weight excluding hydrogens is 218 g/mol. The van der Waals surface area contributed by atoms with E-state index in [9.17, 15) is 0 Å². The van der Waals surface area contributed by atoms with E-state index in [4.69, 9.17) is 39.5 Å². The number of ether oxygens (including phenoxy) is 1. The Morgan fingerprint density at radius 2 is 1.83 bits per heavy atom. The highest BCUT2D eigenvalue weighted by atomic mass is 35.6. The third-order valence-corrected chi connectivity index (χ3v) is 1.42. The molecule has 0 amide bonds. The predicted octanol–water partition coefficient (Wildman–Crippen LogP) is 3.24. The summed E-state index contributed by atoms with van der Waals surface area (Å²) in [7, 11) is 0. The molecule has 0 bridgehead atoms. The zero-order valence-electron chi connectivity index (χ0n) is 6.06. The van der Waals surface area contributed by atoms with E-state index in [0.717, 1.165) is 0 Å². The van der Waals surface area contributed by atoms with Gasteiger partial charge in [-0.3, -0.25) is 0 Å². The first-order valence-electron chi connectivity index (χ1n) is 3.23. The molecule has 0 heterocycles. The highest BCUT2D eigenvalue weighted by molar-refractivity contribution is 6.67. The SMILES string of the molecule is ClC(Cl)(Cl)COc1cc[c]cc1. The van der Waals surface area contributed by atoms with Crippen LogP contribution in [0, 0.1) is 6.07 Å². The van der Waals surface area contributed by atoms with Crippen molar-refractivity contribution in [3.8, 4) is 5.75 Å². The van der Waals surface area contributed by atoms with Gasteiger partial charge in [0.25, 0.3) is 0 Å². The summed E-state index contributed by atoms with van der Waals surface area (Å²) in [6.45, 7) is 0.0433. The van der Waals surface area contributed by atoms with Gasteiger partial charge in [0.2, 0.25) is 3.79 Å². The van der Waals surface area contributed by atoms with E-state index in [1.54, 1.807) is 24.3 Å². The molecule has 0 spiro atoms. The van der Waals surface area contributed by atoms with Crippen LogP contribution < -0.4 is 4.74 Å². The van der Waals surface area contributed by atoms with Gasteiger partial charge in [-0.25, -0.2) is 0 Å². The first-order valence-corrected chi connectivity index (χ1v) is 4.37. The maximum atomic E-state index is 5.48. The minimum absolute atomic E-state index is 0.0433. The van der Waals surface area contributed by atoms with E-state index in [2.05, 4.69) is 6.07 Å². The molecule has 4 heteroatoms. The molecule has 0 saturated heterocycles. The Balaban J connectivity index is 2.44. The van der Waals surface area contributed by atoms with Crippen molar-refractivity contribution in [2.24, 2.45) is 0 Å². The smallest absolute Gasteiger partial charge is 0.223 e. The lowest BCUT2D eigenvalue weighted by Crippen LogP contribution is -2.15. The number of benzene rings is 1. The molecule has 0 fully saturated rings. The molecule has 0 aromatic heterocycles. The lowest BCUT2D eigenvalue weighted by molar-refractivity contribution is 0.326. The summed E-state index contributed by atoms with van der Waals surface area (Å²) >= 11 is 16.4. The molecule has 1 aromatic rings. The average molecular weight is 224 g/mol. The fraction of sp³-hybridized carbons (Fsp3) is 0.250. The van der Waals surface area contributed by atoms with E-state index in [1.165, 1.54) is 0 Å². The zero-order chi connectivity index (χ0) is 9.03. The van der Waals surface area contributed by atoms with Gasteiger partial charge in [0.05, 0.1) is 0 Å². The molecular formula is C8H6Cl3O. The second kappa shape index (κ2) is 4.22. The van der Waals surface area contributed by atoms with E-state index in [1.807, 2.05) is 0 Å². The second-order valence-corrected chi connectivity index (χ2v) is 4.66. The summed E-state index contributed by atoms with van der Waals surface area (Å²) in [5.74, 6) is 0.667. The van der Waals surface area contributed by atoms with E-state index < -0.39 is 3.79 Å². The van der Waals surface area contributed by atoms with Crippen molar-refractivity contribution in [2.75, 3.05) is 6.61 Å². The van der Waals surface area contributed by atoms with Crippen molar-refractivity contribution in [3.63, 3.8) is 0 Å². The minimum Gasteiger partial charge on any atom is -0.489 e. The van der Waals surface area contributed by atoms with Crippen LogP contribution in [0.4, 0.5) is 0 Å². The van der Waals surface area contributed by atoms with E-state index in [-0.39, 0.29) is 6.61 Å². The largest absolute Gasteiger partial charge is 0.489 e. The van der Waals surface area contributed by atoms with Gasteiger partial charge < -0.3 is 4.74 Å². The minimum atomic E-state index is -1.36. The molecule has 65 valence electrons. The molecule has 0 N–H and O–H groups in total. The topological polar surface area (TPSA) is 9.23 Å². The summed E-state index contributed by atoms with van der Waals surface area (Å²) in [6.07, 6.45) is 0. The van der Waals surface area contributed by atoms with Crippen LogP contribution in [0.1, 0.15) is 0 Å². The molecule has 1 nitrogen and oxygen atoms in total. The van der Waals surface area contributed by atoms with Gasteiger partial charge in [-0.15, -0.1) is 0 Å². The molecule has 0 aliphatic carbocycles. The number of halogens is 3. The first-order chi connectivity index (χ1) is 5.58. The molecule has 1 rings (SSSR count). The Morgan fingerprint density at radius 3 is 2.33 bits per heavy atom. The molecule has 0 saturated carbocycles. The Bertz CT molecular complexity index is 230. The molecule has 0 atom stereocenters. The van der Waals surface area contributed by atoms with Gasteiger partial charge in [0, 0.05) is 0 Å². The Kier molecular flexibility index (Phi) is 3.51. The highest BCUT2D eigenvalue weighted by Gasteiger charge is 2.20. The lowest BCUT2D eigenvalue weighted by atomic mass is 10.3. The van der Waals surface area contributed by atoms with Gasteiger partial charge >= 0.3 is 0 Å². The average Bonchev–Trinajstić information content (AvgIpc) is 2.02. The molecule has 0 aliphatic heterocycles. The van der Waals surface area contributed by atoms with Crippen LogP contribution in [0.2, 0.25) is 0 Å². The molecule has 0 unspecified atom stereocenters. The van der Waals surface area contributed by atoms with Crippen molar-refractivity contribution in [1.82, 2.24) is 0 Å². The van der Waals surface area contributed by atoms with Gasteiger partial charge in [0.1, 0.15) is 12.4 Å². The Morgan fingerprint density at radius 1 is 1.25 bits per heavy atom. The van der Waals surface area contributed by atoms with Crippen LogP contribution >= 0.6 is 34.8 Å². The molecule has 1 aromatic carbocycles. The third-order valence-electron chi connectivity index (χ3n) is 1.09. The van der Waals surface area contributed by atoms with Crippen molar-refractivity contribution < 1.29 is 4.74 Å². The summed E-state index contributed by atoms with van der Waals surface area (Å²) in [5, 5.41) is 0.